The minimum Gasteiger partial charge on any atom is -0.507 e. The second-order valence-corrected chi connectivity index (χ2v) is 23.5. The third kappa shape index (κ3) is 9.57. The van der Waals surface area contributed by atoms with E-state index in [4.69, 9.17) is 9.97 Å². The highest BCUT2D eigenvalue weighted by molar-refractivity contribution is 5.98. The molecule has 0 saturated carbocycles. The number of phenols is 1. The maximum atomic E-state index is 12.5. The van der Waals surface area contributed by atoms with Crippen LogP contribution in [0.5, 0.6) is 5.75 Å². The summed E-state index contributed by atoms with van der Waals surface area (Å²) in [6.45, 7) is 34.2. The fourth-order valence-electron chi connectivity index (χ4n) is 9.10. The van der Waals surface area contributed by atoms with Gasteiger partial charge in [0.05, 0.1) is 28.0 Å². The summed E-state index contributed by atoms with van der Waals surface area (Å²) in [6.07, 6.45) is 1.91. The number of fused-ring (bicyclic) bond motifs is 1. The third-order valence-corrected chi connectivity index (χ3v) is 13.6. The first-order valence-electron chi connectivity index (χ1n) is 25.3. The van der Waals surface area contributed by atoms with Crippen molar-refractivity contribution in [2.45, 2.75) is 144 Å². The molecule has 4 nitrogen and oxygen atoms in total. The Bertz CT molecular complexity index is 3240. The summed E-state index contributed by atoms with van der Waals surface area (Å²) in [7, 11) is 0. The Morgan fingerprint density at radius 2 is 1.06 bits per heavy atom. The molecule has 0 aliphatic carbocycles. The maximum Gasteiger partial charge on any atom is 0.149 e. The first-order valence-corrected chi connectivity index (χ1v) is 24.3. The smallest absolute Gasteiger partial charge is 0.149 e. The molecule has 0 atom stereocenters. The molecule has 68 heavy (non-hydrogen) atoms. The van der Waals surface area contributed by atoms with Gasteiger partial charge in [-0.3, -0.25) is 9.55 Å². The molecule has 2 aromatic heterocycles. The van der Waals surface area contributed by atoms with Crippen LogP contribution >= 0.6 is 0 Å². The highest BCUT2D eigenvalue weighted by Gasteiger charge is 2.27. The molecule has 1 N–H and O–H groups in total. The number of nitrogens with zero attached hydrogens (tertiary/aromatic N) is 3. The van der Waals surface area contributed by atoms with Crippen LogP contribution in [0.4, 0.5) is 0 Å². The molecule has 0 aliphatic heterocycles. The van der Waals surface area contributed by atoms with Crippen LogP contribution in [-0.2, 0) is 21.7 Å². The Balaban J connectivity index is 1.44. The van der Waals surface area contributed by atoms with Crippen molar-refractivity contribution in [1.82, 2.24) is 14.5 Å². The van der Waals surface area contributed by atoms with Gasteiger partial charge in [0, 0.05) is 25.6 Å². The van der Waals surface area contributed by atoms with Crippen LogP contribution in [-0.4, -0.2) is 19.6 Å². The van der Waals surface area contributed by atoms with Crippen molar-refractivity contribution in [3.63, 3.8) is 0 Å². The molecule has 0 radical (unpaired) electrons. The van der Waals surface area contributed by atoms with Crippen LogP contribution in [0.15, 0.2) is 134 Å². The van der Waals surface area contributed by atoms with Crippen molar-refractivity contribution >= 4 is 11.0 Å². The SMILES string of the molecule is [2H]C(C)(C)c1cc(-c2nc3c(-c4cc(-c5cc(-c6ccc(C(C)(C)C)cc6)ccn5)cc(C(C)(C)C)c4)cccc3n2-c2ccc(C(C)(C)C)cc2-c2ccc(C(C)(C)C)cc2)c(O)c(C([2H])(C)C)c1. The first kappa shape index (κ1) is 45.5. The van der Waals surface area contributed by atoms with Gasteiger partial charge < -0.3 is 5.11 Å². The Morgan fingerprint density at radius 3 is 1.63 bits per heavy atom. The Labute approximate surface area is 410 Å². The van der Waals surface area contributed by atoms with Crippen molar-refractivity contribution in [2.24, 2.45) is 0 Å². The number of rotatable bonds is 8. The van der Waals surface area contributed by atoms with E-state index in [0.29, 0.717) is 22.5 Å². The van der Waals surface area contributed by atoms with Crippen LogP contribution in [0, 0.1) is 0 Å². The van der Waals surface area contributed by atoms with E-state index < -0.39 is 11.8 Å². The number of benzene rings is 6. The van der Waals surface area contributed by atoms with E-state index >= 15 is 0 Å². The van der Waals surface area contributed by atoms with Gasteiger partial charge >= 0.3 is 0 Å². The van der Waals surface area contributed by atoms with Gasteiger partial charge in [-0.1, -0.05) is 190 Å². The lowest BCUT2D eigenvalue weighted by molar-refractivity contribution is 0.466. The summed E-state index contributed by atoms with van der Waals surface area (Å²) in [5.41, 5.74) is 17.0. The summed E-state index contributed by atoms with van der Waals surface area (Å²) in [5.74, 6) is -1.67. The Hall–Kier alpha value is -6.26. The van der Waals surface area contributed by atoms with Crippen molar-refractivity contribution in [3.8, 4) is 67.5 Å². The number of imidazole rings is 1. The van der Waals surface area contributed by atoms with Gasteiger partial charge in [-0.15, -0.1) is 0 Å². The monoisotopic (exact) mass is 902 g/mol. The summed E-state index contributed by atoms with van der Waals surface area (Å²) in [5, 5.41) is 12.5. The van der Waals surface area contributed by atoms with E-state index in [1.54, 1.807) is 13.8 Å². The zero-order valence-corrected chi connectivity index (χ0v) is 43.5. The molecule has 0 unspecified atom stereocenters. The predicted molar refractivity (Wildman–Crippen MR) is 291 cm³/mol. The molecule has 350 valence electrons. The van der Waals surface area contributed by atoms with E-state index in [1.807, 2.05) is 32.2 Å². The van der Waals surface area contributed by atoms with E-state index in [9.17, 15) is 7.85 Å². The van der Waals surface area contributed by atoms with Gasteiger partial charge in [-0.25, -0.2) is 4.98 Å². The van der Waals surface area contributed by atoms with Crippen LogP contribution in [0.1, 0.15) is 159 Å². The zero-order chi connectivity index (χ0) is 51.1. The summed E-state index contributed by atoms with van der Waals surface area (Å²) in [4.78, 5) is 10.6. The lowest BCUT2D eigenvalue weighted by atomic mass is 9.83. The van der Waals surface area contributed by atoms with Gasteiger partial charge in [0.2, 0.25) is 0 Å². The van der Waals surface area contributed by atoms with Gasteiger partial charge in [0.1, 0.15) is 11.6 Å². The van der Waals surface area contributed by atoms with Crippen molar-refractivity contribution in [2.75, 3.05) is 0 Å². The minimum atomic E-state index is -1.17. The van der Waals surface area contributed by atoms with Gasteiger partial charge in [-0.05, 0) is 138 Å². The van der Waals surface area contributed by atoms with Crippen molar-refractivity contribution < 1.29 is 7.85 Å². The third-order valence-electron chi connectivity index (χ3n) is 13.6. The fraction of sp³-hybridized carbons (Fsp3) is 0.344. The van der Waals surface area contributed by atoms with Crippen LogP contribution < -0.4 is 0 Å². The lowest BCUT2D eigenvalue weighted by Gasteiger charge is -2.24. The summed E-state index contributed by atoms with van der Waals surface area (Å²) < 4.78 is 20.7. The van der Waals surface area contributed by atoms with E-state index in [0.717, 1.165) is 61.4 Å². The van der Waals surface area contributed by atoms with E-state index in [1.165, 1.54) is 22.3 Å². The molecule has 0 aliphatic rings. The topological polar surface area (TPSA) is 50.9 Å². The van der Waals surface area contributed by atoms with E-state index in [2.05, 4.69) is 203 Å². The Kier molecular flexibility index (Phi) is 11.8. The molecule has 4 heteroatoms. The number of aromatic hydroxyl groups is 1. The lowest BCUT2D eigenvalue weighted by Crippen LogP contribution is -2.12. The quantitative estimate of drug-likeness (QED) is 0.165. The van der Waals surface area contributed by atoms with Crippen molar-refractivity contribution in [1.29, 1.82) is 0 Å². The molecule has 0 amide bonds. The molecule has 6 aromatic carbocycles. The predicted octanol–water partition coefficient (Wildman–Crippen LogP) is 17.9. The molecule has 0 bridgehead atoms. The van der Waals surface area contributed by atoms with Gasteiger partial charge in [-0.2, -0.15) is 0 Å². The number of phenolic OH excluding ortho intramolecular Hbond substituents is 1. The largest absolute Gasteiger partial charge is 0.507 e. The molecule has 8 rings (SSSR count). The van der Waals surface area contributed by atoms with Crippen LogP contribution in [0.3, 0.4) is 0 Å². The number of pyridine rings is 1. The maximum absolute atomic E-state index is 12.5. The van der Waals surface area contributed by atoms with Crippen molar-refractivity contribution in [3.05, 3.63) is 167 Å². The number of para-hydroxylation sites is 1. The minimum absolute atomic E-state index is 0.00971. The van der Waals surface area contributed by atoms with Crippen LogP contribution in [0.25, 0.3) is 72.7 Å². The normalized spacial score (nSPS) is 13.5. The molecule has 0 fully saturated rings. The number of hydrogen-bond acceptors (Lipinski definition) is 3. The molecule has 0 saturated heterocycles. The van der Waals surface area contributed by atoms with Gasteiger partial charge in [0.15, 0.2) is 0 Å². The molecule has 8 aromatic rings. The zero-order valence-electron chi connectivity index (χ0n) is 45.5. The second kappa shape index (κ2) is 17.7. The summed E-state index contributed by atoms with van der Waals surface area (Å²) in [6, 6.07) is 45.7. The molecular formula is C64H73N3O. The molecule has 2 heterocycles. The highest BCUT2D eigenvalue weighted by Crippen LogP contribution is 2.45. The standard InChI is InChI=1S/C64H73N3O/c1-39(2)44-35-52(40(3)4)59(68)54(36-44)60-66-58-51(18-17-19-57(58)67(60)56-29-28-49(63(11,12)13)38-53(56)42-22-26-48(27-23-42)62(8,9)10)45-32-46(34-50(33-45)64(14,15)16)55-37-43(30-31-65-55)41-20-24-47(25-21-41)61(5,6)7/h17-40,68H,1-16H3/i39D,40D. The summed E-state index contributed by atoms with van der Waals surface area (Å²) >= 11 is 0. The molecule has 0 spiro atoms. The molecular weight excluding hydrogens is 827 g/mol. The highest BCUT2D eigenvalue weighted by atomic mass is 16.3. The fourth-order valence-corrected chi connectivity index (χ4v) is 9.10. The second-order valence-electron chi connectivity index (χ2n) is 23.5. The number of hydrogen-bond donors (Lipinski definition) is 1. The number of aromatic nitrogens is 3. The van der Waals surface area contributed by atoms with E-state index in [-0.39, 0.29) is 27.4 Å². The van der Waals surface area contributed by atoms with Gasteiger partial charge in [0.25, 0.3) is 0 Å². The average molecular weight is 902 g/mol. The van der Waals surface area contributed by atoms with Crippen LogP contribution in [0.2, 0.25) is 0 Å². The average Bonchev–Trinajstić information content (AvgIpc) is 3.66. The first-order chi connectivity index (χ1) is 32.4. The Morgan fingerprint density at radius 1 is 0.485 bits per heavy atom.